The average molecular weight is 473 g/mol. The molecule has 0 aliphatic carbocycles. The van der Waals surface area contributed by atoms with Crippen LogP contribution < -0.4 is 14.9 Å². The monoisotopic (exact) mass is 473 g/mol. The summed E-state index contributed by atoms with van der Waals surface area (Å²) in [7, 11) is 2.80. The lowest BCUT2D eigenvalue weighted by molar-refractivity contribution is 0.0560. The molecule has 0 fully saturated rings. The standard InChI is InChI=1S/C26H23N3O6/c1-32-24-15-18(5-11-22(24)34-17-21-10-12-23(35-21)26(31)33-2)16-27-28-25(30)19-6-8-20(9-7-19)29-13-3-4-14-29/h3-16H,17H2,1-2H3,(H,28,30)/b27-16+. The Bertz CT molecular complexity index is 1320. The Morgan fingerprint density at radius 2 is 1.77 bits per heavy atom. The van der Waals surface area contributed by atoms with Crippen molar-refractivity contribution in [3.8, 4) is 17.2 Å². The maximum absolute atomic E-state index is 12.4. The fourth-order valence-electron chi connectivity index (χ4n) is 3.22. The lowest BCUT2D eigenvalue weighted by atomic mass is 10.2. The van der Waals surface area contributed by atoms with Crippen molar-refractivity contribution in [3.63, 3.8) is 0 Å². The summed E-state index contributed by atoms with van der Waals surface area (Å²) < 4.78 is 23.1. The van der Waals surface area contributed by atoms with E-state index in [0.29, 0.717) is 28.4 Å². The highest BCUT2D eigenvalue weighted by molar-refractivity contribution is 5.95. The number of rotatable bonds is 9. The molecule has 2 aromatic heterocycles. The average Bonchev–Trinajstić information content (AvgIpc) is 3.60. The van der Waals surface area contributed by atoms with Crippen LogP contribution in [0.1, 0.15) is 32.2 Å². The van der Waals surface area contributed by atoms with Crippen molar-refractivity contribution >= 4 is 18.1 Å². The van der Waals surface area contributed by atoms with Gasteiger partial charge in [-0.2, -0.15) is 5.10 Å². The molecule has 9 nitrogen and oxygen atoms in total. The summed E-state index contributed by atoms with van der Waals surface area (Å²) in [5, 5.41) is 4.03. The second kappa shape index (κ2) is 10.9. The lowest BCUT2D eigenvalue weighted by Gasteiger charge is -2.10. The van der Waals surface area contributed by atoms with E-state index in [-0.39, 0.29) is 18.3 Å². The summed E-state index contributed by atoms with van der Waals surface area (Å²) in [4.78, 5) is 23.9. The molecule has 0 atom stereocenters. The van der Waals surface area contributed by atoms with E-state index in [4.69, 9.17) is 13.9 Å². The minimum Gasteiger partial charge on any atom is -0.493 e. The molecule has 0 radical (unpaired) electrons. The number of methoxy groups -OCH3 is 2. The van der Waals surface area contributed by atoms with Crippen LogP contribution in [0.4, 0.5) is 0 Å². The molecule has 9 heteroatoms. The molecular weight excluding hydrogens is 450 g/mol. The van der Waals surface area contributed by atoms with Crippen LogP contribution in [0.15, 0.2) is 88.6 Å². The number of carbonyl (C=O) groups excluding carboxylic acids is 2. The number of nitrogens with one attached hydrogen (secondary N) is 1. The van der Waals surface area contributed by atoms with Gasteiger partial charge in [-0.25, -0.2) is 10.2 Å². The molecule has 0 unspecified atom stereocenters. The maximum Gasteiger partial charge on any atom is 0.373 e. The minimum absolute atomic E-state index is 0.0972. The minimum atomic E-state index is -0.557. The molecule has 0 aliphatic heterocycles. The van der Waals surface area contributed by atoms with Gasteiger partial charge in [-0.1, -0.05) is 0 Å². The molecule has 4 aromatic rings. The first-order valence-corrected chi connectivity index (χ1v) is 10.6. The van der Waals surface area contributed by atoms with Gasteiger partial charge in [0.25, 0.3) is 5.91 Å². The number of esters is 1. The van der Waals surface area contributed by atoms with E-state index in [1.165, 1.54) is 26.5 Å². The zero-order valence-corrected chi connectivity index (χ0v) is 19.1. The molecule has 2 heterocycles. The third-order valence-corrected chi connectivity index (χ3v) is 5.02. The van der Waals surface area contributed by atoms with E-state index in [2.05, 4.69) is 15.3 Å². The van der Waals surface area contributed by atoms with Crippen molar-refractivity contribution in [2.75, 3.05) is 14.2 Å². The summed E-state index contributed by atoms with van der Waals surface area (Å²) in [6, 6.07) is 19.4. The topological polar surface area (TPSA) is 104 Å². The SMILES string of the molecule is COC(=O)c1ccc(COc2ccc(/C=N/NC(=O)c3ccc(-n4cccc4)cc3)cc2OC)o1. The Morgan fingerprint density at radius 3 is 2.49 bits per heavy atom. The van der Waals surface area contributed by atoms with Crippen molar-refractivity contribution in [1.82, 2.24) is 9.99 Å². The largest absolute Gasteiger partial charge is 0.493 e. The first-order chi connectivity index (χ1) is 17.1. The van der Waals surface area contributed by atoms with Crippen LogP contribution in [0.5, 0.6) is 11.5 Å². The predicted octanol–water partition coefficient (Wildman–Crippen LogP) is 4.21. The van der Waals surface area contributed by atoms with Crippen LogP contribution >= 0.6 is 0 Å². The zero-order valence-electron chi connectivity index (χ0n) is 19.1. The van der Waals surface area contributed by atoms with E-state index < -0.39 is 5.97 Å². The van der Waals surface area contributed by atoms with Crippen molar-refractivity contribution in [1.29, 1.82) is 0 Å². The fourth-order valence-corrected chi connectivity index (χ4v) is 3.22. The van der Waals surface area contributed by atoms with Crippen LogP contribution in [0.3, 0.4) is 0 Å². The van der Waals surface area contributed by atoms with Gasteiger partial charge < -0.3 is 23.2 Å². The highest BCUT2D eigenvalue weighted by Crippen LogP contribution is 2.28. The Balaban J connectivity index is 1.34. The number of hydrazone groups is 1. The van der Waals surface area contributed by atoms with Crippen molar-refractivity contribution in [2.45, 2.75) is 6.61 Å². The van der Waals surface area contributed by atoms with Crippen LogP contribution in [0.2, 0.25) is 0 Å². The summed E-state index contributed by atoms with van der Waals surface area (Å²) in [6.45, 7) is 0.0972. The Kier molecular flexibility index (Phi) is 7.27. The van der Waals surface area contributed by atoms with Crippen molar-refractivity contribution in [3.05, 3.63) is 102 Å². The molecule has 4 rings (SSSR count). The summed E-state index contributed by atoms with van der Waals surface area (Å²) >= 11 is 0. The predicted molar refractivity (Wildman–Crippen MR) is 128 cm³/mol. The number of aromatic nitrogens is 1. The Hall–Kier alpha value is -4.79. The lowest BCUT2D eigenvalue weighted by Crippen LogP contribution is -2.17. The van der Waals surface area contributed by atoms with Crippen molar-refractivity contribution in [2.24, 2.45) is 5.10 Å². The molecule has 0 saturated carbocycles. The summed E-state index contributed by atoms with van der Waals surface area (Å²) in [5.74, 6) is 0.634. The molecular formula is C26H23N3O6. The number of nitrogens with zero attached hydrogens (tertiary/aromatic N) is 2. The molecule has 0 spiro atoms. The number of hydrogen-bond donors (Lipinski definition) is 1. The second-order valence-electron chi connectivity index (χ2n) is 7.29. The number of carbonyl (C=O) groups is 2. The number of benzene rings is 2. The molecule has 2 aromatic carbocycles. The van der Waals surface area contributed by atoms with E-state index in [0.717, 1.165) is 5.69 Å². The van der Waals surface area contributed by atoms with Crippen molar-refractivity contribution < 1.29 is 28.2 Å². The number of hydrogen-bond acceptors (Lipinski definition) is 7. The molecule has 0 saturated heterocycles. The molecule has 1 N–H and O–H groups in total. The van der Waals surface area contributed by atoms with Gasteiger partial charge >= 0.3 is 5.97 Å². The van der Waals surface area contributed by atoms with Gasteiger partial charge in [0.05, 0.1) is 20.4 Å². The molecule has 0 aliphatic rings. The van der Waals surface area contributed by atoms with Gasteiger partial charge in [-0.15, -0.1) is 0 Å². The summed E-state index contributed by atoms with van der Waals surface area (Å²) in [5.41, 5.74) is 4.67. The van der Waals surface area contributed by atoms with E-state index >= 15 is 0 Å². The van der Waals surface area contributed by atoms with Crippen LogP contribution in [0, 0.1) is 0 Å². The van der Waals surface area contributed by atoms with Gasteiger partial charge in [0.15, 0.2) is 11.5 Å². The van der Waals surface area contributed by atoms with E-state index in [9.17, 15) is 9.59 Å². The van der Waals surface area contributed by atoms with Gasteiger partial charge in [-0.3, -0.25) is 4.79 Å². The zero-order chi connectivity index (χ0) is 24.6. The smallest absolute Gasteiger partial charge is 0.373 e. The Labute approximate surface area is 201 Å². The highest BCUT2D eigenvalue weighted by atomic mass is 16.5. The van der Waals surface area contributed by atoms with Gasteiger partial charge in [0, 0.05) is 23.6 Å². The highest BCUT2D eigenvalue weighted by Gasteiger charge is 2.12. The number of ether oxygens (including phenoxy) is 3. The molecule has 1 amide bonds. The fraction of sp³-hybridized carbons (Fsp3) is 0.115. The van der Waals surface area contributed by atoms with Gasteiger partial charge in [0.2, 0.25) is 5.76 Å². The molecule has 35 heavy (non-hydrogen) atoms. The first-order valence-electron chi connectivity index (χ1n) is 10.6. The summed E-state index contributed by atoms with van der Waals surface area (Å²) in [6.07, 6.45) is 5.37. The number of amides is 1. The van der Waals surface area contributed by atoms with Crippen LogP contribution in [-0.4, -0.2) is 36.9 Å². The Morgan fingerprint density at radius 1 is 1.00 bits per heavy atom. The second-order valence-corrected chi connectivity index (χ2v) is 7.29. The van der Waals surface area contributed by atoms with Gasteiger partial charge in [-0.05, 0) is 72.3 Å². The maximum atomic E-state index is 12.4. The third kappa shape index (κ3) is 5.77. The van der Waals surface area contributed by atoms with Crippen LogP contribution in [0.25, 0.3) is 5.69 Å². The van der Waals surface area contributed by atoms with E-state index in [1.54, 1.807) is 36.4 Å². The third-order valence-electron chi connectivity index (χ3n) is 5.02. The first kappa shape index (κ1) is 23.4. The van der Waals surface area contributed by atoms with Crippen LogP contribution in [-0.2, 0) is 11.3 Å². The normalized spacial score (nSPS) is 10.8. The number of furan rings is 1. The molecule has 178 valence electrons. The van der Waals surface area contributed by atoms with Gasteiger partial charge in [0.1, 0.15) is 12.4 Å². The van der Waals surface area contributed by atoms with E-state index in [1.807, 2.05) is 41.2 Å². The quantitative estimate of drug-likeness (QED) is 0.222. The molecule has 0 bridgehead atoms.